The summed E-state index contributed by atoms with van der Waals surface area (Å²) < 4.78 is 5.75. The van der Waals surface area contributed by atoms with E-state index in [1.165, 1.54) is 0 Å². The predicted molar refractivity (Wildman–Crippen MR) is 114 cm³/mol. The Morgan fingerprint density at radius 1 is 1.00 bits per heavy atom. The number of nitrogens with one attached hydrogen (secondary N) is 1. The van der Waals surface area contributed by atoms with Gasteiger partial charge in [0.2, 0.25) is 11.8 Å². The van der Waals surface area contributed by atoms with E-state index in [1.54, 1.807) is 12.1 Å². The minimum absolute atomic E-state index is 0.0935. The summed E-state index contributed by atoms with van der Waals surface area (Å²) in [6.45, 7) is 2.16. The van der Waals surface area contributed by atoms with Crippen molar-refractivity contribution in [3.63, 3.8) is 0 Å². The number of hydrogen-bond acceptors (Lipinski definition) is 7. The van der Waals surface area contributed by atoms with E-state index in [1.807, 2.05) is 24.3 Å². The monoisotopic (exact) mass is 434 g/mol. The van der Waals surface area contributed by atoms with Crippen LogP contribution in [0.25, 0.3) is 0 Å². The number of rotatable bonds is 4. The van der Waals surface area contributed by atoms with Crippen molar-refractivity contribution in [2.75, 3.05) is 18.1 Å². The van der Waals surface area contributed by atoms with E-state index >= 15 is 0 Å². The molecule has 1 fully saturated rings. The van der Waals surface area contributed by atoms with Crippen molar-refractivity contribution in [3.8, 4) is 5.75 Å². The largest absolute Gasteiger partial charge is 0.490 e. The van der Waals surface area contributed by atoms with Crippen LogP contribution in [0.15, 0.2) is 36.4 Å². The summed E-state index contributed by atoms with van der Waals surface area (Å²) in [5.74, 6) is -1.24. The SMILES string of the molecule is NCc1ccc2c(c1)N(Cc1ccc3c(c1)C(=O)N(C1CCC(=O)NC1=O)C3=O)CCO2. The molecule has 3 aliphatic rings. The zero-order chi connectivity index (χ0) is 22.4. The Hall–Kier alpha value is -3.72. The molecule has 3 heterocycles. The Morgan fingerprint density at radius 2 is 1.78 bits per heavy atom. The number of piperidine rings is 1. The van der Waals surface area contributed by atoms with Crippen molar-refractivity contribution >= 4 is 29.3 Å². The van der Waals surface area contributed by atoms with E-state index in [4.69, 9.17) is 10.5 Å². The van der Waals surface area contributed by atoms with Gasteiger partial charge in [-0.15, -0.1) is 0 Å². The van der Waals surface area contributed by atoms with Gasteiger partial charge in [0.1, 0.15) is 18.4 Å². The van der Waals surface area contributed by atoms with Crippen LogP contribution in [0.5, 0.6) is 5.75 Å². The molecule has 5 rings (SSSR count). The molecule has 1 saturated heterocycles. The number of amides is 4. The van der Waals surface area contributed by atoms with Crippen LogP contribution in [0.1, 0.15) is 44.7 Å². The Balaban J connectivity index is 1.41. The number of carbonyl (C=O) groups excluding carboxylic acids is 4. The molecule has 0 spiro atoms. The number of carbonyl (C=O) groups is 4. The van der Waals surface area contributed by atoms with Gasteiger partial charge in [-0.1, -0.05) is 12.1 Å². The number of nitrogens with zero attached hydrogens (tertiary/aromatic N) is 2. The average molecular weight is 434 g/mol. The van der Waals surface area contributed by atoms with Crippen molar-refractivity contribution < 1.29 is 23.9 Å². The van der Waals surface area contributed by atoms with Crippen LogP contribution < -0.4 is 20.7 Å². The molecule has 32 heavy (non-hydrogen) atoms. The van der Waals surface area contributed by atoms with Crippen molar-refractivity contribution in [1.29, 1.82) is 0 Å². The molecule has 4 amide bonds. The molecule has 2 aromatic rings. The van der Waals surface area contributed by atoms with Crippen LogP contribution in [-0.4, -0.2) is 47.7 Å². The number of hydrogen-bond donors (Lipinski definition) is 2. The molecular formula is C23H22N4O5. The first-order valence-electron chi connectivity index (χ1n) is 10.5. The van der Waals surface area contributed by atoms with Crippen molar-refractivity contribution in [3.05, 3.63) is 58.7 Å². The average Bonchev–Trinajstić information content (AvgIpc) is 3.03. The molecule has 0 saturated carbocycles. The molecule has 0 aromatic heterocycles. The lowest BCUT2D eigenvalue weighted by Crippen LogP contribution is -2.54. The highest BCUT2D eigenvalue weighted by Gasteiger charge is 2.44. The number of nitrogens with two attached hydrogens (primary N) is 1. The zero-order valence-corrected chi connectivity index (χ0v) is 17.3. The molecule has 164 valence electrons. The molecule has 9 heteroatoms. The van der Waals surface area contributed by atoms with Crippen molar-refractivity contribution in [1.82, 2.24) is 10.2 Å². The standard InChI is InChI=1S/C23H22N4O5/c24-11-13-2-5-19-18(10-13)26(7-8-32-19)12-14-1-3-15-16(9-14)23(31)27(22(15)30)17-4-6-20(28)25-21(17)29/h1-3,5,9-10,17H,4,6-8,11-12,24H2,(H,25,28,29). The summed E-state index contributed by atoms with van der Waals surface area (Å²) in [4.78, 5) is 52.7. The first-order valence-corrected chi connectivity index (χ1v) is 10.5. The number of imide groups is 2. The maximum absolute atomic E-state index is 13.1. The van der Waals surface area contributed by atoms with Crippen LogP contribution in [-0.2, 0) is 22.7 Å². The van der Waals surface area contributed by atoms with Gasteiger partial charge in [0.05, 0.1) is 23.4 Å². The molecule has 3 N–H and O–H groups in total. The van der Waals surface area contributed by atoms with Gasteiger partial charge in [0, 0.05) is 19.5 Å². The Morgan fingerprint density at radius 3 is 2.56 bits per heavy atom. The summed E-state index contributed by atoms with van der Waals surface area (Å²) in [6.07, 6.45) is 0.229. The molecule has 9 nitrogen and oxygen atoms in total. The van der Waals surface area contributed by atoms with Crippen LogP contribution in [0.4, 0.5) is 5.69 Å². The quantitative estimate of drug-likeness (QED) is 0.687. The summed E-state index contributed by atoms with van der Waals surface area (Å²) >= 11 is 0. The fraction of sp³-hybridized carbons (Fsp3) is 0.304. The van der Waals surface area contributed by atoms with Gasteiger partial charge in [0.15, 0.2) is 0 Å². The van der Waals surface area contributed by atoms with Crippen LogP contribution >= 0.6 is 0 Å². The summed E-state index contributed by atoms with van der Waals surface area (Å²) in [5.41, 5.74) is 9.13. The molecular weight excluding hydrogens is 412 g/mol. The molecule has 0 radical (unpaired) electrons. The predicted octanol–water partition coefficient (Wildman–Crippen LogP) is 0.945. The van der Waals surface area contributed by atoms with Gasteiger partial charge < -0.3 is 15.4 Å². The Kier molecular flexibility index (Phi) is 4.90. The number of anilines is 1. The fourth-order valence-electron chi connectivity index (χ4n) is 4.45. The third kappa shape index (κ3) is 3.31. The second-order valence-electron chi connectivity index (χ2n) is 8.10. The molecule has 2 aromatic carbocycles. The van der Waals surface area contributed by atoms with Gasteiger partial charge in [0.25, 0.3) is 11.8 Å². The van der Waals surface area contributed by atoms with Gasteiger partial charge >= 0.3 is 0 Å². The van der Waals surface area contributed by atoms with E-state index in [0.717, 1.165) is 27.5 Å². The van der Waals surface area contributed by atoms with Crippen LogP contribution in [0.2, 0.25) is 0 Å². The third-order valence-corrected chi connectivity index (χ3v) is 6.10. The normalized spacial score (nSPS) is 20.1. The van der Waals surface area contributed by atoms with E-state index in [9.17, 15) is 19.2 Å². The topological polar surface area (TPSA) is 122 Å². The first-order chi connectivity index (χ1) is 15.5. The molecule has 1 unspecified atom stereocenters. The Labute approximate surface area is 184 Å². The second kappa shape index (κ2) is 7.76. The molecule has 3 aliphatic heterocycles. The highest BCUT2D eigenvalue weighted by Crippen LogP contribution is 2.34. The highest BCUT2D eigenvalue weighted by molar-refractivity contribution is 6.23. The maximum atomic E-state index is 13.1. The van der Waals surface area contributed by atoms with E-state index in [-0.39, 0.29) is 24.0 Å². The van der Waals surface area contributed by atoms with Gasteiger partial charge in [-0.2, -0.15) is 0 Å². The van der Waals surface area contributed by atoms with Gasteiger partial charge in [-0.3, -0.25) is 29.4 Å². The van der Waals surface area contributed by atoms with Crippen LogP contribution in [0, 0.1) is 0 Å². The summed E-state index contributed by atoms with van der Waals surface area (Å²) in [6, 6.07) is 10.0. The number of ether oxygens (including phenoxy) is 1. The highest BCUT2D eigenvalue weighted by atomic mass is 16.5. The number of benzene rings is 2. The van der Waals surface area contributed by atoms with E-state index in [0.29, 0.717) is 26.2 Å². The van der Waals surface area contributed by atoms with Gasteiger partial charge in [-0.25, -0.2) is 0 Å². The smallest absolute Gasteiger partial charge is 0.262 e. The Bertz CT molecular complexity index is 1160. The maximum Gasteiger partial charge on any atom is 0.262 e. The minimum atomic E-state index is -0.968. The molecule has 0 aliphatic carbocycles. The first kappa shape index (κ1) is 20.2. The van der Waals surface area contributed by atoms with E-state index < -0.39 is 29.7 Å². The second-order valence-corrected chi connectivity index (χ2v) is 8.10. The summed E-state index contributed by atoms with van der Waals surface area (Å²) in [5, 5.41) is 2.21. The van der Waals surface area contributed by atoms with E-state index in [2.05, 4.69) is 10.2 Å². The fourth-order valence-corrected chi connectivity index (χ4v) is 4.45. The lowest BCUT2D eigenvalue weighted by atomic mass is 10.0. The van der Waals surface area contributed by atoms with Crippen LogP contribution in [0.3, 0.4) is 0 Å². The summed E-state index contributed by atoms with van der Waals surface area (Å²) in [7, 11) is 0. The number of fused-ring (bicyclic) bond motifs is 2. The molecule has 0 bridgehead atoms. The van der Waals surface area contributed by atoms with Crippen molar-refractivity contribution in [2.45, 2.75) is 32.0 Å². The van der Waals surface area contributed by atoms with Gasteiger partial charge in [-0.05, 0) is 41.8 Å². The lowest BCUT2D eigenvalue weighted by Gasteiger charge is -2.31. The lowest BCUT2D eigenvalue weighted by molar-refractivity contribution is -0.136. The van der Waals surface area contributed by atoms with Crippen molar-refractivity contribution in [2.24, 2.45) is 5.73 Å². The third-order valence-electron chi connectivity index (χ3n) is 6.10. The zero-order valence-electron chi connectivity index (χ0n) is 17.3. The molecule has 1 atom stereocenters. The minimum Gasteiger partial charge on any atom is -0.490 e.